The van der Waals surface area contributed by atoms with Gasteiger partial charge in [-0.05, 0) is 6.42 Å². The number of unbranched alkanes of at least 4 members (excludes halogenated alkanes) is 6. The fourth-order valence-corrected chi connectivity index (χ4v) is 1.90. The molecule has 0 aliphatic carbocycles. The summed E-state index contributed by atoms with van der Waals surface area (Å²) in [6.07, 6.45) is 9.78. The third kappa shape index (κ3) is 9.65. The van der Waals surface area contributed by atoms with Crippen molar-refractivity contribution in [1.82, 2.24) is 0 Å². The van der Waals surface area contributed by atoms with E-state index in [1.807, 2.05) is 0 Å². The van der Waals surface area contributed by atoms with Gasteiger partial charge in [-0.1, -0.05) is 45.4 Å². The molecule has 0 radical (unpaired) electrons. The van der Waals surface area contributed by atoms with Crippen molar-refractivity contribution in [3.05, 3.63) is 11.7 Å². The zero-order valence-corrected chi connectivity index (χ0v) is 13.0. The molecule has 0 spiro atoms. The van der Waals surface area contributed by atoms with Crippen molar-refractivity contribution in [1.29, 1.82) is 0 Å². The van der Waals surface area contributed by atoms with Crippen LogP contribution < -0.4 is 0 Å². The third-order valence-electron chi connectivity index (χ3n) is 2.97. The summed E-state index contributed by atoms with van der Waals surface area (Å²) in [5.74, 6) is 1.18. The predicted octanol–water partition coefficient (Wildman–Crippen LogP) is 4.21. The second kappa shape index (κ2) is 13.5. The van der Waals surface area contributed by atoms with Gasteiger partial charge in [0, 0.05) is 13.5 Å². The van der Waals surface area contributed by atoms with Crippen molar-refractivity contribution in [2.45, 2.75) is 58.3 Å². The van der Waals surface area contributed by atoms with Gasteiger partial charge in [0.05, 0.1) is 14.2 Å². The molecule has 0 atom stereocenters. The van der Waals surface area contributed by atoms with E-state index in [-0.39, 0.29) is 6.79 Å². The molecule has 0 aromatic rings. The van der Waals surface area contributed by atoms with Crippen LogP contribution in [0.5, 0.6) is 0 Å². The highest BCUT2D eigenvalue weighted by atomic mass is 16.7. The molecule has 0 aliphatic heterocycles. The van der Waals surface area contributed by atoms with Gasteiger partial charge < -0.3 is 18.9 Å². The monoisotopic (exact) mass is 274 g/mol. The molecular formula is C15H30O4. The molecule has 0 unspecified atom stereocenters. The molecule has 0 saturated carbocycles. The van der Waals surface area contributed by atoms with Crippen LogP contribution in [0.2, 0.25) is 0 Å². The Morgan fingerprint density at radius 1 is 0.789 bits per heavy atom. The molecule has 0 rings (SSSR count). The first-order chi connectivity index (χ1) is 9.29. The lowest BCUT2D eigenvalue weighted by molar-refractivity contribution is -0.0570. The minimum atomic E-state index is 0.174. The van der Waals surface area contributed by atoms with Crippen LogP contribution in [0.3, 0.4) is 0 Å². The summed E-state index contributed by atoms with van der Waals surface area (Å²) in [5, 5.41) is 0. The molecule has 0 N–H and O–H groups in total. The zero-order chi connectivity index (χ0) is 14.3. The lowest BCUT2D eigenvalue weighted by Gasteiger charge is -2.13. The van der Waals surface area contributed by atoms with Crippen LogP contribution in [0.25, 0.3) is 0 Å². The quantitative estimate of drug-likeness (QED) is 0.286. The normalized spacial score (nSPS) is 12.0. The minimum Gasteiger partial charge on any atom is -0.494 e. The summed E-state index contributed by atoms with van der Waals surface area (Å²) >= 11 is 0. The first kappa shape index (κ1) is 18.1. The number of allylic oxidation sites excluding steroid dienone is 1. The Labute approximate surface area is 118 Å². The van der Waals surface area contributed by atoms with Crippen molar-refractivity contribution in [2.24, 2.45) is 0 Å². The lowest BCUT2D eigenvalue weighted by Crippen LogP contribution is -2.04. The maximum atomic E-state index is 5.32. The lowest BCUT2D eigenvalue weighted by atomic mass is 10.1. The number of hydrogen-bond acceptors (Lipinski definition) is 4. The average molecular weight is 274 g/mol. The van der Waals surface area contributed by atoms with Crippen molar-refractivity contribution in [3.8, 4) is 0 Å². The molecule has 0 bridgehead atoms. The third-order valence-corrected chi connectivity index (χ3v) is 2.97. The van der Waals surface area contributed by atoms with E-state index in [9.17, 15) is 0 Å². The summed E-state index contributed by atoms with van der Waals surface area (Å²) in [6, 6.07) is 0. The van der Waals surface area contributed by atoms with E-state index in [4.69, 9.17) is 18.9 Å². The van der Waals surface area contributed by atoms with Crippen molar-refractivity contribution >= 4 is 0 Å². The number of ether oxygens (including phenoxy) is 4. The maximum Gasteiger partial charge on any atom is 0.320 e. The molecule has 19 heavy (non-hydrogen) atoms. The Hall–Kier alpha value is -0.900. The molecule has 0 heterocycles. The summed E-state index contributed by atoms with van der Waals surface area (Å²) in [6.45, 7) is 2.41. The van der Waals surface area contributed by atoms with Gasteiger partial charge in [-0.25, -0.2) is 0 Å². The van der Waals surface area contributed by atoms with E-state index in [2.05, 4.69) is 6.92 Å². The van der Waals surface area contributed by atoms with Gasteiger partial charge in [0.15, 0.2) is 12.6 Å². The van der Waals surface area contributed by atoms with E-state index >= 15 is 0 Å². The summed E-state index contributed by atoms with van der Waals surface area (Å²) in [7, 11) is 4.80. The van der Waals surface area contributed by atoms with Gasteiger partial charge in [-0.2, -0.15) is 0 Å². The van der Waals surface area contributed by atoms with Crippen molar-refractivity contribution in [3.63, 3.8) is 0 Å². The zero-order valence-electron chi connectivity index (χ0n) is 13.0. The molecule has 0 aromatic heterocycles. The van der Waals surface area contributed by atoms with Crippen LogP contribution in [0.4, 0.5) is 0 Å². The topological polar surface area (TPSA) is 36.9 Å². The number of hydrogen-bond donors (Lipinski definition) is 0. The Balaban J connectivity index is 3.86. The molecule has 0 amide bonds. The largest absolute Gasteiger partial charge is 0.494 e. The average Bonchev–Trinajstić information content (AvgIpc) is 2.44. The first-order valence-electron chi connectivity index (χ1n) is 7.23. The van der Waals surface area contributed by atoms with Crippen molar-refractivity contribution < 1.29 is 18.9 Å². The summed E-state index contributed by atoms with van der Waals surface area (Å²) in [4.78, 5) is 0. The Morgan fingerprint density at radius 2 is 1.42 bits per heavy atom. The molecule has 0 aromatic carbocycles. The van der Waals surface area contributed by atoms with E-state index in [0.717, 1.165) is 18.6 Å². The second-order valence-electron chi connectivity index (χ2n) is 4.54. The minimum absolute atomic E-state index is 0.174. The number of methoxy groups -OCH3 is 3. The van der Waals surface area contributed by atoms with Crippen LogP contribution in [-0.4, -0.2) is 28.1 Å². The smallest absolute Gasteiger partial charge is 0.320 e. The summed E-state index contributed by atoms with van der Waals surface area (Å²) in [5.41, 5.74) is 0. The Morgan fingerprint density at radius 3 is 1.95 bits per heavy atom. The molecule has 114 valence electrons. The number of rotatable bonds is 13. The Bertz CT molecular complexity index is 226. The van der Waals surface area contributed by atoms with Crippen LogP contribution in [0.1, 0.15) is 58.3 Å². The molecule has 0 fully saturated rings. The van der Waals surface area contributed by atoms with Crippen LogP contribution in [-0.2, 0) is 18.9 Å². The van der Waals surface area contributed by atoms with E-state index in [0.29, 0.717) is 5.95 Å². The summed E-state index contributed by atoms with van der Waals surface area (Å²) < 4.78 is 20.7. The molecule has 4 nitrogen and oxygen atoms in total. The second-order valence-corrected chi connectivity index (χ2v) is 4.54. The van der Waals surface area contributed by atoms with Crippen LogP contribution in [0, 0.1) is 0 Å². The molecule has 0 saturated heterocycles. The van der Waals surface area contributed by atoms with Gasteiger partial charge >= 0.3 is 5.95 Å². The van der Waals surface area contributed by atoms with Gasteiger partial charge in [0.1, 0.15) is 0 Å². The van der Waals surface area contributed by atoms with E-state index < -0.39 is 0 Å². The maximum absolute atomic E-state index is 5.32. The Kier molecular flexibility index (Phi) is 12.9. The highest BCUT2D eigenvalue weighted by molar-refractivity contribution is 4.94. The first-order valence-corrected chi connectivity index (χ1v) is 7.23. The fraction of sp³-hybridized carbons (Fsp3) is 0.867. The van der Waals surface area contributed by atoms with E-state index in [1.54, 1.807) is 21.3 Å². The molecule has 0 aliphatic rings. The molecule has 4 heteroatoms. The van der Waals surface area contributed by atoms with Gasteiger partial charge in [0.2, 0.25) is 0 Å². The fourth-order valence-electron chi connectivity index (χ4n) is 1.90. The van der Waals surface area contributed by atoms with Crippen LogP contribution in [0.15, 0.2) is 11.7 Å². The van der Waals surface area contributed by atoms with Gasteiger partial charge in [-0.3, -0.25) is 0 Å². The molecular weight excluding hydrogens is 244 g/mol. The highest BCUT2D eigenvalue weighted by Gasteiger charge is 2.09. The van der Waals surface area contributed by atoms with Gasteiger partial charge in [-0.15, -0.1) is 0 Å². The SMILES string of the molecule is CCCCCCCCCC(OC)=C(OC)OCOC. The van der Waals surface area contributed by atoms with E-state index in [1.165, 1.54) is 38.5 Å². The predicted molar refractivity (Wildman–Crippen MR) is 76.6 cm³/mol. The standard InChI is InChI=1S/C15H30O4/c1-5-6-7-8-9-10-11-12-14(17-3)15(18-4)19-13-16-2/h5-13H2,1-4H3. The van der Waals surface area contributed by atoms with Gasteiger partial charge in [0.25, 0.3) is 0 Å². The van der Waals surface area contributed by atoms with Crippen molar-refractivity contribution in [2.75, 3.05) is 28.1 Å². The van der Waals surface area contributed by atoms with Crippen LogP contribution >= 0.6 is 0 Å². The highest BCUT2D eigenvalue weighted by Crippen LogP contribution is 2.17.